The van der Waals surface area contributed by atoms with Crippen LogP contribution in [0.1, 0.15) is 12.8 Å². The van der Waals surface area contributed by atoms with E-state index in [-0.39, 0.29) is 5.82 Å². The minimum Gasteiger partial charge on any atom is -0.324 e. The number of anilines is 2. The molecule has 164 valence electrons. The largest absolute Gasteiger partial charge is 0.324 e. The van der Waals surface area contributed by atoms with Gasteiger partial charge >= 0.3 is 0 Å². The van der Waals surface area contributed by atoms with E-state index in [2.05, 4.69) is 20.2 Å². The molecule has 1 aliphatic rings. The van der Waals surface area contributed by atoms with Crippen molar-refractivity contribution in [1.29, 1.82) is 0 Å². The molecule has 4 aromatic rings. The van der Waals surface area contributed by atoms with Crippen molar-refractivity contribution < 1.29 is 4.39 Å². The van der Waals surface area contributed by atoms with Gasteiger partial charge in [-0.05, 0) is 68.2 Å². The summed E-state index contributed by atoms with van der Waals surface area (Å²) < 4.78 is 15.3. The maximum atomic E-state index is 13.2. The number of nitrogens with zero attached hydrogens (tertiary/aromatic N) is 4. The molecule has 3 heterocycles. The lowest BCUT2D eigenvalue weighted by atomic mass is 9.99. The van der Waals surface area contributed by atoms with Crippen LogP contribution in [-0.4, -0.2) is 32.6 Å². The van der Waals surface area contributed by atoms with E-state index in [1.807, 2.05) is 18.2 Å². The summed E-state index contributed by atoms with van der Waals surface area (Å²) in [5.74, 6) is 1.22. The van der Waals surface area contributed by atoms with Crippen molar-refractivity contribution in [2.45, 2.75) is 19.4 Å². The third-order valence-corrected chi connectivity index (χ3v) is 6.24. The molecule has 0 spiro atoms. The normalized spacial score (nSPS) is 16.4. The van der Waals surface area contributed by atoms with Crippen molar-refractivity contribution in [1.82, 2.24) is 24.8 Å². The molecule has 2 aromatic carbocycles. The molecule has 9 heteroatoms. The van der Waals surface area contributed by atoms with Gasteiger partial charge in [0, 0.05) is 12.2 Å². The summed E-state index contributed by atoms with van der Waals surface area (Å²) in [6, 6.07) is 11.5. The fourth-order valence-electron chi connectivity index (χ4n) is 4.05. The van der Waals surface area contributed by atoms with Crippen LogP contribution in [0.15, 0.2) is 48.7 Å². The molecule has 5 rings (SSSR count). The zero-order valence-electron chi connectivity index (χ0n) is 17.2. The van der Waals surface area contributed by atoms with E-state index >= 15 is 0 Å². The summed E-state index contributed by atoms with van der Waals surface area (Å²) >= 11 is 13.1. The number of aromatic nitrogens is 4. The van der Waals surface area contributed by atoms with Gasteiger partial charge in [-0.25, -0.2) is 14.4 Å². The summed E-state index contributed by atoms with van der Waals surface area (Å²) in [6.45, 7) is 2.70. The SMILES string of the molecule is Fc1ccc(Nc2ncc3nc(-c4c(Cl)cccc4Cl)n(C[C@@H]4CCCNC4)c3n2)cc1. The second-order valence-electron chi connectivity index (χ2n) is 7.89. The number of fused-ring (bicyclic) bond motifs is 1. The number of piperidine rings is 1. The van der Waals surface area contributed by atoms with Crippen LogP contribution >= 0.6 is 23.2 Å². The van der Waals surface area contributed by atoms with Crippen LogP contribution in [0, 0.1) is 11.7 Å². The maximum absolute atomic E-state index is 13.2. The van der Waals surface area contributed by atoms with E-state index in [9.17, 15) is 4.39 Å². The number of hydrogen-bond acceptors (Lipinski definition) is 5. The molecule has 32 heavy (non-hydrogen) atoms. The van der Waals surface area contributed by atoms with Crippen LogP contribution in [0.3, 0.4) is 0 Å². The molecule has 1 saturated heterocycles. The van der Waals surface area contributed by atoms with Crippen LogP contribution < -0.4 is 10.6 Å². The third kappa shape index (κ3) is 4.28. The molecule has 1 fully saturated rings. The van der Waals surface area contributed by atoms with Gasteiger partial charge in [0.05, 0.1) is 21.8 Å². The predicted molar refractivity (Wildman–Crippen MR) is 126 cm³/mol. The Morgan fingerprint density at radius 2 is 1.88 bits per heavy atom. The van der Waals surface area contributed by atoms with Crippen LogP contribution in [0.2, 0.25) is 10.0 Å². The molecule has 0 unspecified atom stereocenters. The molecule has 2 aromatic heterocycles. The Hall–Kier alpha value is -2.74. The highest BCUT2D eigenvalue weighted by atomic mass is 35.5. The quantitative estimate of drug-likeness (QED) is 0.392. The lowest BCUT2D eigenvalue weighted by Crippen LogP contribution is -2.32. The second-order valence-corrected chi connectivity index (χ2v) is 8.70. The fraction of sp³-hybridized carbons (Fsp3) is 0.261. The first-order valence-corrected chi connectivity index (χ1v) is 11.2. The zero-order chi connectivity index (χ0) is 22.1. The third-order valence-electron chi connectivity index (χ3n) is 5.61. The van der Waals surface area contributed by atoms with Gasteiger partial charge in [-0.15, -0.1) is 0 Å². The summed E-state index contributed by atoms with van der Waals surface area (Å²) in [6.07, 6.45) is 3.93. The minimum absolute atomic E-state index is 0.299. The van der Waals surface area contributed by atoms with Crippen LogP contribution in [0.25, 0.3) is 22.6 Å². The summed E-state index contributed by atoms with van der Waals surface area (Å²) in [4.78, 5) is 13.9. The van der Waals surface area contributed by atoms with Gasteiger partial charge in [0.25, 0.3) is 0 Å². The number of halogens is 3. The molecule has 6 nitrogen and oxygen atoms in total. The van der Waals surface area contributed by atoms with E-state index < -0.39 is 0 Å². The Morgan fingerprint density at radius 3 is 2.59 bits per heavy atom. The Kier molecular flexibility index (Phi) is 5.95. The maximum Gasteiger partial charge on any atom is 0.229 e. The van der Waals surface area contributed by atoms with Gasteiger partial charge in [0.1, 0.15) is 17.2 Å². The van der Waals surface area contributed by atoms with Crippen LogP contribution in [0.5, 0.6) is 0 Å². The lowest BCUT2D eigenvalue weighted by Gasteiger charge is -2.24. The van der Waals surface area contributed by atoms with Crippen molar-refractivity contribution >= 4 is 46.0 Å². The number of benzene rings is 2. The lowest BCUT2D eigenvalue weighted by molar-refractivity contribution is 0.341. The first-order chi connectivity index (χ1) is 15.6. The van der Waals surface area contributed by atoms with Crippen molar-refractivity contribution in [3.8, 4) is 11.4 Å². The molecule has 1 aliphatic heterocycles. The van der Waals surface area contributed by atoms with Crippen molar-refractivity contribution in [3.63, 3.8) is 0 Å². The highest BCUT2D eigenvalue weighted by Gasteiger charge is 2.23. The standard InChI is InChI=1S/C23H21Cl2FN6/c24-17-4-1-5-18(25)20(17)22-30-19-12-28-23(29-16-8-6-15(26)7-9-16)31-21(19)32(22)13-14-3-2-10-27-11-14/h1,4-9,12,14,27H,2-3,10-11,13H2,(H,28,29,31)/t14-/m1/s1. The molecule has 0 amide bonds. The average molecular weight is 471 g/mol. The van der Waals surface area contributed by atoms with E-state index in [1.165, 1.54) is 12.1 Å². The fourth-order valence-corrected chi connectivity index (χ4v) is 4.62. The number of imidazole rings is 1. The minimum atomic E-state index is -0.299. The monoisotopic (exact) mass is 470 g/mol. The van der Waals surface area contributed by atoms with Gasteiger partial charge in [0.2, 0.25) is 5.95 Å². The van der Waals surface area contributed by atoms with Gasteiger partial charge < -0.3 is 15.2 Å². The summed E-state index contributed by atoms with van der Waals surface area (Å²) in [7, 11) is 0. The average Bonchev–Trinajstić information content (AvgIpc) is 3.13. The zero-order valence-corrected chi connectivity index (χ0v) is 18.7. The first-order valence-electron chi connectivity index (χ1n) is 10.5. The summed E-state index contributed by atoms with van der Waals surface area (Å²) in [5, 5.41) is 7.67. The molecule has 0 aliphatic carbocycles. The van der Waals surface area contributed by atoms with E-state index in [1.54, 1.807) is 18.3 Å². The molecular formula is C23H21Cl2FN6. The number of rotatable bonds is 5. The molecule has 2 N–H and O–H groups in total. The smallest absolute Gasteiger partial charge is 0.229 e. The van der Waals surface area contributed by atoms with E-state index in [0.29, 0.717) is 50.2 Å². The van der Waals surface area contributed by atoms with Gasteiger partial charge in [-0.3, -0.25) is 0 Å². The Labute approximate surface area is 194 Å². The first kappa shape index (κ1) is 21.1. The highest BCUT2D eigenvalue weighted by molar-refractivity contribution is 6.39. The Bertz CT molecular complexity index is 1230. The Balaban J connectivity index is 1.60. The highest BCUT2D eigenvalue weighted by Crippen LogP contribution is 2.36. The van der Waals surface area contributed by atoms with E-state index in [4.69, 9.17) is 33.2 Å². The predicted octanol–water partition coefficient (Wildman–Crippen LogP) is 5.68. The molecule has 0 saturated carbocycles. The van der Waals surface area contributed by atoms with Crippen LogP contribution in [-0.2, 0) is 6.54 Å². The Morgan fingerprint density at radius 1 is 1.09 bits per heavy atom. The van der Waals surface area contributed by atoms with Crippen molar-refractivity contribution in [3.05, 3.63) is 64.5 Å². The van der Waals surface area contributed by atoms with Crippen molar-refractivity contribution in [2.75, 3.05) is 18.4 Å². The second kappa shape index (κ2) is 9.02. The van der Waals surface area contributed by atoms with Gasteiger partial charge in [0.15, 0.2) is 5.65 Å². The van der Waals surface area contributed by atoms with Gasteiger partial charge in [-0.1, -0.05) is 29.3 Å². The summed E-state index contributed by atoms with van der Waals surface area (Å²) in [5.41, 5.74) is 2.74. The number of hydrogen-bond donors (Lipinski definition) is 2. The number of nitrogens with one attached hydrogen (secondary N) is 2. The molecule has 0 radical (unpaired) electrons. The molecule has 1 atom stereocenters. The topological polar surface area (TPSA) is 67.7 Å². The van der Waals surface area contributed by atoms with Crippen molar-refractivity contribution in [2.24, 2.45) is 5.92 Å². The molecular weight excluding hydrogens is 450 g/mol. The van der Waals surface area contributed by atoms with Gasteiger partial charge in [-0.2, -0.15) is 4.98 Å². The van der Waals surface area contributed by atoms with E-state index in [0.717, 1.165) is 32.5 Å². The van der Waals surface area contributed by atoms with Crippen LogP contribution in [0.4, 0.5) is 16.0 Å². The molecule has 0 bridgehead atoms.